The maximum Gasteiger partial charge on any atom is 0.251 e. The van der Waals surface area contributed by atoms with E-state index in [0.29, 0.717) is 34.7 Å². The average molecular weight is 555 g/mol. The monoisotopic (exact) mass is 554 g/mol. The molecule has 0 spiro atoms. The summed E-state index contributed by atoms with van der Waals surface area (Å²) in [6.07, 6.45) is 13.2. The number of rotatable bonds is 7. The number of carbonyl (C=O) groups is 1. The Morgan fingerprint density at radius 3 is 2.63 bits per heavy atom. The first-order chi connectivity index (χ1) is 20.0. The third-order valence-corrected chi connectivity index (χ3v) is 8.98. The number of imidazole rings is 1. The molecule has 0 saturated heterocycles. The summed E-state index contributed by atoms with van der Waals surface area (Å²) in [4.78, 5) is 29.4. The summed E-state index contributed by atoms with van der Waals surface area (Å²) < 4.78 is 7.64. The van der Waals surface area contributed by atoms with Crippen molar-refractivity contribution >= 4 is 23.4 Å². The zero-order chi connectivity index (χ0) is 28.5. The van der Waals surface area contributed by atoms with Crippen molar-refractivity contribution in [3.63, 3.8) is 0 Å². The summed E-state index contributed by atoms with van der Waals surface area (Å²) in [5, 5.41) is 16.3. The molecule has 1 aliphatic heterocycles. The second-order valence-corrected chi connectivity index (χ2v) is 11.6. The van der Waals surface area contributed by atoms with Gasteiger partial charge < -0.3 is 20.3 Å². The maximum atomic E-state index is 13.0. The van der Waals surface area contributed by atoms with Crippen molar-refractivity contribution in [2.75, 3.05) is 17.3 Å². The summed E-state index contributed by atoms with van der Waals surface area (Å²) in [7, 11) is 1.60. The molecule has 2 N–H and O–H groups in total. The first-order valence-electron chi connectivity index (χ1n) is 14.9. The molecule has 3 heterocycles. The molecule has 2 aromatic heterocycles. The van der Waals surface area contributed by atoms with E-state index < -0.39 is 0 Å². The van der Waals surface area contributed by atoms with Crippen molar-refractivity contribution in [1.29, 1.82) is 5.26 Å². The first-order valence-corrected chi connectivity index (χ1v) is 14.9. The molecule has 3 aliphatic rings. The number of nitriles is 1. The molecular formula is C31H38N8O2. The third-order valence-electron chi connectivity index (χ3n) is 8.98. The highest BCUT2D eigenvalue weighted by Gasteiger charge is 2.39. The molecule has 1 atom stereocenters. The van der Waals surface area contributed by atoms with Gasteiger partial charge in [0, 0.05) is 17.6 Å². The predicted molar refractivity (Wildman–Crippen MR) is 157 cm³/mol. The number of methoxy groups -OCH3 is 1. The number of nitrogens with zero attached hydrogens (tertiary/aromatic N) is 6. The van der Waals surface area contributed by atoms with Gasteiger partial charge in [-0.25, -0.2) is 9.97 Å². The molecule has 2 fully saturated rings. The number of carbonyl (C=O) groups excluding carboxylic acids is 1. The molecule has 6 rings (SSSR count). The van der Waals surface area contributed by atoms with Crippen LogP contribution in [0.1, 0.15) is 99.4 Å². The Hall–Kier alpha value is -4.13. The molecule has 10 nitrogen and oxygen atoms in total. The number of hydrogen-bond donors (Lipinski definition) is 2. The highest BCUT2D eigenvalue weighted by atomic mass is 16.5. The third kappa shape index (κ3) is 5.09. The Morgan fingerprint density at radius 2 is 1.93 bits per heavy atom. The van der Waals surface area contributed by atoms with E-state index in [4.69, 9.17) is 9.72 Å². The van der Waals surface area contributed by atoms with Gasteiger partial charge in [0.1, 0.15) is 23.8 Å². The van der Waals surface area contributed by atoms with Crippen LogP contribution < -0.4 is 20.3 Å². The Kier molecular flexibility index (Phi) is 7.52. The molecule has 41 heavy (non-hydrogen) atoms. The van der Waals surface area contributed by atoms with Gasteiger partial charge in [-0.1, -0.05) is 26.7 Å². The highest BCUT2D eigenvalue weighted by Crippen LogP contribution is 2.44. The normalized spacial score (nSPS) is 22.0. The minimum Gasteiger partial charge on any atom is -0.495 e. The van der Waals surface area contributed by atoms with Crippen LogP contribution >= 0.6 is 0 Å². The second kappa shape index (κ2) is 11.4. The van der Waals surface area contributed by atoms with Gasteiger partial charge in [0.05, 0.1) is 30.7 Å². The number of anilines is 3. The zero-order valence-electron chi connectivity index (χ0n) is 24.1. The number of ether oxygens (including phenoxy) is 1. The highest BCUT2D eigenvalue weighted by molar-refractivity contribution is 5.95. The van der Waals surface area contributed by atoms with Crippen molar-refractivity contribution in [3.05, 3.63) is 47.7 Å². The lowest BCUT2D eigenvalue weighted by molar-refractivity contribution is 0.0922. The van der Waals surface area contributed by atoms with Crippen molar-refractivity contribution in [2.24, 2.45) is 5.92 Å². The zero-order valence-corrected chi connectivity index (χ0v) is 24.1. The second-order valence-electron chi connectivity index (χ2n) is 11.6. The van der Waals surface area contributed by atoms with Gasteiger partial charge in [0.15, 0.2) is 11.5 Å². The molecular weight excluding hydrogens is 516 g/mol. The molecule has 3 aromatic rings. The molecule has 1 amide bonds. The van der Waals surface area contributed by atoms with Crippen molar-refractivity contribution in [2.45, 2.75) is 89.8 Å². The van der Waals surface area contributed by atoms with E-state index in [-0.39, 0.29) is 18.0 Å². The average Bonchev–Trinajstić information content (AvgIpc) is 3.68. The van der Waals surface area contributed by atoms with Crippen LogP contribution in [0.2, 0.25) is 0 Å². The Balaban J connectivity index is 1.29. The first kappa shape index (κ1) is 27.1. The molecule has 0 radical (unpaired) electrons. The van der Waals surface area contributed by atoms with E-state index in [1.54, 1.807) is 25.7 Å². The fraction of sp³-hybridized carbons (Fsp3) is 0.516. The van der Waals surface area contributed by atoms with Gasteiger partial charge in [-0.3, -0.25) is 9.36 Å². The quantitative estimate of drug-likeness (QED) is 0.375. The minimum atomic E-state index is -0.0786. The predicted octanol–water partition coefficient (Wildman–Crippen LogP) is 5.81. The number of aromatic nitrogens is 4. The van der Waals surface area contributed by atoms with E-state index in [9.17, 15) is 10.1 Å². The van der Waals surface area contributed by atoms with Gasteiger partial charge in [0.2, 0.25) is 5.95 Å². The lowest BCUT2D eigenvalue weighted by atomic mass is 9.87. The topological polar surface area (TPSA) is 121 Å². The van der Waals surface area contributed by atoms with Crippen LogP contribution in [-0.4, -0.2) is 44.6 Å². The van der Waals surface area contributed by atoms with Crippen LogP contribution in [0.15, 0.2) is 30.7 Å². The smallest absolute Gasteiger partial charge is 0.251 e. The fourth-order valence-corrected chi connectivity index (χ4v) is 6.75. The van der Waals surface area contributed by atoms with E-state index >= 15 is 0 Å². The number of amides is 1. The molecule has 2 saturated carbocycles. The summed E-state index contributed by atoms with van der Waals surface area (Å²) in [5.74, 6) is 2.48. The van der Waals surface area contributed by atoms with Gasteiger partial charge in [-0.2, -0.15) is 10.2 Å². The van der Waals surface area contributed by atoms with Gasteiger partial charge in [-0.05, 0) is 69.1 Å². The molecule has 0 bridgehead atoms. The number of nitrogens with one attached hydrogen (secondary N) is 2. The minimum absolute atomic E-state index is 0.00482. The van der Waals surface area contributed by atoms with Crippen LogP contribution in [0, 0.1) is 17.2 Å². The number of benzene rings is 1. The van der Waals surface area contributed by atoms with Crippen LogP contribution in [0.25, 0.3) is 5.69 Å². The van der Waals surface area contributed by atoms with Crippen molar-refractivity contribution < 1.29 is 9.53 Å². The SMILES string of the molecule is CCC1c2c(C#N)ncn2-c2cnc(Nc3ccc(C(=O)NC4CCC(C)CC4)cc3OC)nc2N1C1CCCC1. The Labute approximate surface area is 241 Å². The summed E-state index contributed by atoms with van der Waals surface area (Å²) in [6, 6.07) is 8.27. The van der Waals surface area contributed by atoms with Crippen LogP contribution in [-0.2, 0) is 0 Å². The fourth-order valence-electron chi connectivity index (χ4n) is 6.75. The lowest BCUT2D eigenvalue weighted by Gasteiger charge is -2.41. The van der Waals surface area contributed by atoms with Crippen LogP contribution in [0.3, 0.4) is 0 Å². The van der Waals surface area contributed by atoms with E-state index in [1.807, 2.05) is 16.7 Å². The van der Waals surface area contributed by atoms with E-state index in [1.165, 1.54) is 12.8 Å². The largest absolute Gasteiger partial charge is 0.495 e. The molecule has 2 aliphatic carbocycles. The van der Waals surface area contributed by atoms with Crippen molar-refractivity contribution in [1.82, 2.24) is 24.8 Å². The summed E-state index contributed by atoms with van der Waals surface area (Å²) in [6.45, 7) is 4.42. The Bertz CT molecular complexity index is 1460. The van der Waals surface area contributed by atoms with Gasteiger partial charge in [0.25, 0.3) is 5.91 Å². The van der Waals surface area contributed by atoms with Crippen LogP contribution in [0.4, 0.5) is 17.5 Å². The Morgan fingerprint density at radius 1 is 1.15 bits per heavy atom. The maximum absolute atomic E-state index is 13.0. The molecule has 1 unspecified atom stereocenters. The lowest BCUT2D eigenvalue weighted by Crippen LogP contribution is -2.42. The molecule has 10 heteroatoms. The number of hydrogen-bond acceptors (Lipinski definition) is 8. The summed E-state index contributed by atoms with van der Waals surface area (Å²) in [5.41, 5.74) is 3.45. The van der Waals surface area contributed by atoms with Gasteiger partial charge >= 0.3 is 0 Å². The number of fused-ring (bicyclic) bond motifs is 3. The standard InChI is InChI=1S/C31H38N8O2/c1-4-25-28-24(16-32)34-18-38(28)26-17-33-31(37-29(26)39(25)22-7-5-6-8-22)36-23-14-11-20(15-27(23)41-3)30(40)35-21-12-9-19(2)10-13-21/h11,14-15,17-19,21-22,25H,4-10,12-13H2,1-3H3,(H,35,40)(H,33,36,37). The molecule has 214 valence electrons. The summed E-state index contributed by atoms with van der Waals surface area (Å²) >= 11 is 0. The van der Waals surface area contributed by atoms with Gasteiger partial charge in [-0.15, -0.1) is 0 Å². The molecule has 1 aromatic carbocycles. The van der Waals surface area contributed by atoms with Crippen molar-refractivity contribution in [3.8, 4) is 17.5 Å². The van der Waals surface area contributed by atoms with Crippen LogP contribution in [0.5, 0.6) is 5.75 Å². The van der Waals surface area contributed by atoms with E-state index in [2.05, 4.69) is 45.4 Å². The van der Waals surface area contributed by atoms with E-state index in [0.717, 1.165) is 68.1 Å².